The number of nitrogens with zero attached hydrogens (tertiary/aromatic N) is 3. The molecule has 1 unspecified atom stereocenters. The van der Waals surface area contributed by atoms with Gasteiger partial charge in [-0.2, -0.15) is 0 Å². The number of hydrazine groups is 1. The summed E-state index contributed by atoms with van der Waals surface area (Å²) in [4.78, 5) is 17.5. The van der Waals surface area contributed by atoms with Crippen LogP contribution in [0.3, 0.4) is 0 Å². The normalized spacial score (nSPS) is 18.8. The molecule has 1 saturated heterocycles. The van der Waals surface area contributed by atoms with E-state index in [1.807, 2.05) is 48.0 Å². The maximum absolute atomic E-state index is 12.9. The first-order valence-corrected chi connectivity index (χ1v) is 10.2. The second-order valence-electron chi connectivity index (χ2n) is 7.72. The minimum Gasteiger partial charge on any atom is -0.357 e. The highest BCUT2D eigenvalue weighted by Gasteiger charge is 2.30. The fourth-order valence-electron chi connectivity index (χ4n) is 4.14. The number of ether oxygens (including phenoxy) is 1. The van der Waals surface area contributed by atoms with Gasteiger partial charge in [0.05, 0.1) is 17.9 Å². The first-order chi connectivity index (χ1) is 14.2. The number of carbonyl (C=O) groups excluding carboxylic acids is 1. The third-order valence-electron chi connectivity index (χ3n) is 5.60. The average molecular weight is 391 g/mol. The Balaban J connectivity index is 1.32. The molecule has 2 N–H and O–H groups in total. The third kappa shape index (κ3) is 3.47. The van der Waals surface area contributed by atoms with E-state index in [0.29, 0.717) is 18.7 Å². The molecule has 2 aliphatic rings. The monoisotopic (exact) mass is 391 g/mol. The second kappa shape index (κ2) is 7.50. The first kappa shape index (κ1) is 18.1. The van der Waals surface area contributed by atoms with Crippen molar-refractivity contribution in [3.05, 3.63) is 65.1 Å². The summed E-state index contributed by atoms with van der Waals surface area (Å²) in [6, 6.07) is 9.89. The molecule has 4 heterocycles. The summed E-state index contributed by atoms with van der Waals surface area (Å²) in [6.07, 6.45) is 7.30. The number of rotatable bonds is 4. The number of imidazole rings is 1. The van der Waals surface area contributed by atoms with Gasteiger partial charge in [0.1, 0.15) is 11.9 Å². The van der Waals surface area contributed by atoms with Crippen LogP contribution in [0.2, 0.25) is 0 Å². The fraction of sp³-hybridized carbons (Fsp3) is 0.364. The van der Waals surface area contributed by atoms with Gasteiger partial charge in [0, 0.05) is 36.7 Å². The molecular formula is C22H25N5O2. The number of amides is 1. The highest BCUT2D eigenvalue weighted by atomic mass is 16.5. The lowest BCUT2D eigenvalue weighted by molar-refractivity contribution is 0.00928. The molecule has 2 aliphatic heterocycles. The summed E-state index contributed by atoms with van der Waals surface area (Å²) in [6.45, 7) is 3.86. The van der Waals surface area contributed by atoms with E-state index < -0.39 is 0 Å². The minimum atomic E-state index is -0.0803. The number of fused-ring (bicyclic) bond motifs is 2. The Morgan fingerprint density at radius 3 is 3.07 bits per heavy atom. The fourth-order valence-corrected chi connectivity index (χ4v) is 4.14. The van der Waals surface area contributed by atoms with Crippen molar-refractivity contribution >= 4 is 17.2 Å². The molecule has 7 heteroatoms. The highest BCUT2D eigenvalue weighted by molar-refractivity contribution is 5.97. The molecule has 150 valence electrons. The molecular weight excluding hydrogens is 366 g/mol. The molecule has 3 aromatic rings. The van der Waals surface area contributed by atoms with E-state index in [1.165, 1.54) is 5.56 Å². The summed E-state index contributed by atoms with van der Waals surface area (Å²) >= 11 is 0. The van der Waals surface area contributed by atoms with Crippen LogP contribution in [-0.4, -0.2) is 28.1 Å². The number of aromatic nitrogens is 2. The molecule has 2 aromatic heterocycles. The highest BCUT2D eigenvalue weighted by Crippen LogP contribution is 2.32. The molecule has 29 heavy (non-hydrogen) atoms. The third-order valence-corrected chi connectivity index (χ3v) is 5.60. The number of nitrogens with one attached hydrogen (secondary N) is 2. The number of aryl methyl sites for hydroxylation is 1. The van der Waals surface area contributed by atoms with Crippen LogP contribution in [0.25, 0.3) is 5.65 Å². The van der Waals surface area contributed by atoms with Crippen molar-refractivity contribution in [3.63, 3.8) is 0 Å². The molecule has 0 aliphatic carbocycles. The predicted octanol–water partition coefficient (Wildman–Crippen LogP) is 2.92. The Labute approximate surface area is 169 Å². The molecule has 0 radical (unpaired) electrons. The van der Waals surface area contributed by atoms with Crippen LogP contribution in [0.1, 0.15) is 46.4 Å². The summed E-state index contributed by atoms with van der Waals surface area (Å²) < 4.78 is 7.90. The Bertz CT molecular complexity index is 1050. The van der Waals surface area contributed by atoms with Gasteiger partial charge in [-0.15, -0.1) is 0 Å². The van der Waals surface area contributed by atoms with Gasteiger partial charge in [-0.3, -0.25) is 9.80 Å². The van der Waals surface area contributed by atoms with Crippen molar-refractivity contribution < 1.29 is 9.53 Å². The van der Waals surface area contributed by atoms with Crippen molar-refractivity contribution in [2.75, 3.05) is 11.6 Å². The number of pyridine rings is 1. The van der Waals surface area contributed by atoms with Crippen molar-refractivity contribution in [2.24, 2.45) is 0 Å². The molecule has 1 fully saturated rings. The van der Waals surface area contributed by atoms with Gasteiger partial charge in [-0.25, -0.2) is 10.4 Å². The van der Waals surface area contributed by atoms with Crippen LogP contribution >= 0.6 is 0 Å². The van der Waals surface area contributed by atoms with E-state index in [0.717, 1.165) is 48.5 Å². The second-order valence-corrected chi connectivity index (χ2v) is 7.72. The van der Waals surface area contributed by atoms with Gasteiger partial charge >= 0.3 is 0 Å². The quantitative estimate of drug-likeness (QED) is 0.716. The smallest absolute Gasteiger partial charge is 0.252 e. The SMILES string of the molecule is Cc1ccc2nc(CNC(=O)c3cccc4c3CNN4C3CCCCO3)cn2c1. The summed E-state index contributed by atoms with van der Waals surface area (Å²) in [7, 11) is 0. The van der Waals surface area contributed by atoms with Crippen LogP contribution in [0.5, 0.6) is 0 Å². The molecule has 0 bridgehead atoms. The van der Waals surface area contributed by atoms with E-state index in [-0.39, 0.29) is 12.1 Å². The number of benzene rings is 1. The van der Waals surface area contributed by atoms with Crippen molar-refractivity contribution in [1.82, 2.24) is 20.1 Å². The van der Waals surface area contributed by atoms with Crippen LogP contribution in [0.15, 0.2) is 42.7 Å². The van der Waals surface area contributed by atoms with E-state index >= 15 is 0 Å². The van der Waals surface area contributed by atoms with Gasteiger partial charge in [0.2, 0.25) is 0 Å². The van der Waals surface area contributed by atoms with Crippen LogP contribution in [0, 0.1) is 6.92 Å². The van der Waals surface area contributed by atoms with Gasteiger partial charge in [0.25, 0.3) is 5.91 Å². The number of anilines is 1. The van der Waals surface area contributed by atoms with Crippen molar-refractivity contribution in [1.29, 1.82) is 0 Å². The average Bonchev–Trinajstić information content (AvgIpc) is 3.36. The molecule has 1 aromatic carbocycles. The number of carbonyl (C=O) groups is 1. The molecule has 0 spiro atoms. The Kier molecular flexibility index (Phi) is 4.69. The van der Waals surface area contributed by atoms with Crippen molar-refractivity contribution in [2.45, 2.75) is 45.5 Å². The summed E-state index contributed by atoms with van der Waals surface area (Å²) in [5, 5.41) is 5.10. The molecule has 0 saturated carbocycles. The largest absolute Gasteiger partial charge is 0.357 e. The lowest BCUT2D eigenvalue weighted by Crippen LogP contribution is -2.44. The van der Waals surface area contributed by atoms with Crippen LogP contribution in [0.4, 0.5) is 5.69 Å². The zero-order chi connectivity index (χ0) is 19.8. The summed E-state index contributed by atoms with van der Waals surface area (Å²) in [5.74, 6) is -0.0803. The lowest BCUT2D eigenvalue weighted by atomic mass is 10.0. The minimum absolute atomic E-state index is 0.0322. The van der Waals surface area contributed by atoms with Gasteiger partial charge in [-0.05, 0) is 49.9 Å². The van der Waals surface area contributed by atoms with Gasteiger partial charge < -0.3 is 14.5 Å². The molecule has 1 atom stereocenters. The predicted molar refractivity (Wildman–Crippen MR) is 110 cm³/mol. The Hall–Kier alpha value is -2.90. The topological polar surface area (TPSA) is 70.9 Å². The molecule has 5 rings (SSSR count). The van der Waals surface area contributed by atoms with Gasteiger partial charge in [0.15, 0.2) is 0 Å². The molecule has 7 nitrogen and oxygen atoms in total. The number of hydrogen-bond acceptors (Lipinski definition) is 5. The zero-order valence-corrected chi connectivity index (χ0v) is 16.5. The first-order valence-electron chi connectivity index (χ1n) is 10.2. The Morgan fingerprint density at radius 1 is 1.28 bits per heavy atom. The maximum Gasteiger partial charge on any atom is 0.252 e. The van der Waals surface area contributed by atoms with Crippen molar-refractivity contribution in [3.8, 4) is 0 Å². The standard InChI is InChI=1S/C22H25N5O2/c1-15-8-9-20-25-16(14-26(20)13-15)11-23-22(28)17-5-4-6-19-18(17)12-24-27(19)21-7-2-3-10-29-21/h4-6,8-9,13-14,21,24H,2-3,7,10-12H2,1H3,(H,23,28). The van der Waals surface area contributed by atoms with E-state index in [9.17, 15) is 4.79 Å². The number of hydrogen-bond donors (Lipinski definition) is 2. The molecule has 1 amide bonds. The lowest BCUT2D eigenvalue weighted by Gasteiger charge is -2.32. The van der Waals surface area contributed by atoms with E-state index in [2.05, 4.69) is 26.8 Å². The van der Waals surface area contributed by atoms with Crippen LogP contribution < -0.4 is 15.8 Å². The maximum atomic E-state index is 12.9. The summed E-state index contributed by atoms with van der Waals surface area (Å²) in [5.41, 5.74) is 9.04. The van der Waals surface area contributed by atoms with Gasteiger partial charge in [-0.1, -0.05) is 12.1 Å². The Morgan fingerprint density at radius 2 is 2.21 bits per heavy atom. The zero-order valence-electron chi connectivity index (χ0n) is 16.5. The van der Waals surface area contributed by atoms with Crippen LogP contribution in [-0.2, 0) is 17.8 Å². The van der Waals surface area contributed by atoms with E-state index in [1.54, 1.807) is 0 Å². The van der Waals surface area contributed by atoms with E-state index in [4.69, 9.17) is 4.74 Å².